The van der Waals surface area contributed by atoms with Gasteiger partial charge in [0.05, 0.1) is 23.5 Å². The lowest BCUT2D eigenvalue weighted by Gasteiger charge is -2.18. The van der Waals surface area contributed by atoms with E-state index in [-0.39, 0.29) is 29.5 Å². The average Bonchev–Trinajstić information content (AvgIpc) is 2.86. The summed E-state index contributed by atoms with van der Waals surface area (Å²) in [4.78, 5) is 29.4. The molecule has 1 amide bonds. The van der Waals surface area contributed by atoms with Crippen LogP contribution in [0.1, 0.15) is 31.1 Å². The molecule has 1 heterocycles. The lowest BCUT2D eigenvalue weighted by atomic mass is 10.1. The second kappa shape index (κ2) is 11.8. The van der Waals surface area contributed by atoms with Crippen molar-refractivity contribution < 1.29 is 17.9 Å². The SMILES string of the molecule is CCOc1ccc(-c2cc(=O)n(CCNC(=O)c3ccc(S(=O)(=O)N(CC)CC)cc3)cn2)cc1. The summed E-state index contributed by atoms with van der Waals surface area (Å²) in [6.07, 6.45) is 1.45. The van der Waals surface area contributed by atoms with E-state index in [1.165, 1.54) is 45.5 Å². The summed E-state index contributed by atoms with van der Waals surface area (Å²) in [6.45, 7) is 7.24. The Morgan fingerprint density at radius 2 is 1.69 bits per heavy atom. The summed E-state index contributed by atoms with van der Waals surface area (Å²) >= 11 is 0. The van der Waals surface area contributed by atoms with E-state index in [2.05, 4.69) is 10.3 Å². The Balaban J connectivity index is 1.59. The van der Waals surface area contributed by atoms with Gasteiger partial charge in [-0.1, -0.05) is 13.8 Å². The number of amides is 1. The first-order chi connectivity index (χ1) is 16.8. The summed E-state index contributed by atoms with van der Waals surface area (Å²) in [5.41, 5.74) is 1.46. The molecule has 1 aromatic heterocycles. The van der Waals surface area contributed by atoms with Crippen molar-refractivity contribution in [2.45, 2.75) is 32.2 Å². The highest BCUT2D eigenvalue weighted by Gasteiger charge is 2.21. The standard InChI is InChI=1S/C25H30N4O5S/c1-4-29(5-2)35(32,33)22-13-9-20(10-14-22)25(31)26-15-16-28-18-27-23(17-24(28)30)19-7-11-21(12-8-19)34-6-3/h7-14,17-18H,4-6,15-16H2,1-3H3,(H,26,31). The third-order valence-electron chi connectivity index (χ3n) is 5.44. The zero-order valence-corrected chi connectivity index (χ0v) is 20.9. The van der Waals surface area contributed by atoms with Gasteiger partial charge in [0.25, 0.3) is 11.5 Å². The molecule has 1 N–H and O–H groups in total. The number of nitrogens with one attached hydrogen (secondary N) is 1. The Bertz CT molecular complexity index is 1300. The highest BCUT2D eigenvalue weighted by atomic mass is 32.2. The molecule has 2 aromatic carbocycles. The van der Waals surface area contributed by atoms with Crippen LogP contribution >= 0.6 is 0 Å². The number of sulfonamides is 1. The number of ether oxygens (including phenoxy) is 1. The second-order valence-electron chi connectivity index (χ2n) is 7.63. The van der Waals surface area contributed by atoms with Crippen molar-refractivity contribution >= 4 is 15.9 Å². The third kappa shape index (κ3) is 6.34. The van der Waals surface area contributed by atoms with Crippen molar-refractivity contribution in [3.05, 3.63) is 76.8 Å². The number of rotatable bonds is 11. The molecular weight excluding hydrogens is 468 g/mol. The molecule has 0 atom stereocenters. The maximum absolute atomic E-state index is 12.6. The molecule has 9 nitrogen and oxygen atoms in total. The Kier molecular flexibility index (Phi) is 8.78. The van der Waals surface area contributed by atoms with Crippen molar-refractivity contribution in [3.63, 3.8) is 0 Å². The van der Waals surface area contributed by atoms with E-state index in [1.54, 1.807) is 13.8 Å². The summed E-state index contributed by atoms with van der Waals surface area (Å²) in [5.74, 6) is 0.393. The van der Waals surface area contributed by atoms with E-state index in [4.69, 9.17) is 4.74 Å². The van der Waals surface area contributed by atoms with Crippen LogP contribution in [0.5, 0.6) is 5.75 Å². The molecule has 0 spiro atoms. The molecule has 0 unspecified atom stereocenters. The number of nitrogens with zero attached hydrogens (tertiary/aromatic N) is 3. The molecule has 35 heavy (non-hydrogen) atoms. The lowest BCUT2D eigenvalue weighted by Crippen LogP contribution is -2.31. The predicted molar refractivity (Wildman–Crippen MR) is 134 cm³/mol. The monoisotopic (exact) mass is 498 g/mol. The molecular formula is C25H30N4O5S. The van der Waals surface area contributed by atoms with Crippen LogP contribution in [0.4, 0.5) is 0 Å². The van der Waals surface area contributed by atoms with E-state index in [1.807, 2.05) is 31.2 Å². The van der Waals surface area contributed by atoms with Gasteiger partial charge < -0.3 is 10.1 Å². The van der Waals surface area contributed by atoms with Gasteiger partial charge in [-0.15, -0.1) is 0 Å². The van der Waals surface area contributed by atoms with E-state index in [0.717, 1.165) is 11.3 Å². The summed E-state index contributed by atoms with van der Waals surface area (Å²) < 4.78 is 33.3. The largest absolute Gasteiger partial charge is 0.494 e. The quantitative estimate of drug-likeness (QED) is 0.435. The van der Waals surface area contributed by atoms with Crippen molar-refractivity contribution in [2.24, 2.45) is 0 Å². The minimum Gasteiger partial charge on any atom is -0.494 e. The first-order valence-electron chi connectivity index (χ1n) is 11.5. The maximum atomic E-state index is 12.6. The fourth-order valence-corrected chi connectivity index (χ4v) is 4.98. The summed E-state index contributed by atoms with van der Waals surface area (Å²) in [6, 6.07) is 14.6. The Morgan fingerprint density at radius 1 is 1.03 bits per heavy atom. The second-order valence-corrected chi connectivity index (χ2v) is 9.57. The van der Waals surface area contributed by atoms with Crippen LogP contribution in [0, 0.1) is 0 Å². The lowest BCUT2D eigenvalue weighted by molar-refractivity contribution is 0.0952. The molecule has 0 aliphatic heterocycles. The minimum absolute atomic E-state index is 0.142. The first-order valence-corrected chi connectivity index (χ1v) is 12.9. The van der Waals surface area contributed by atoms with Gasteiger partial charge >= 0.3 is 0 Å². The van der Waals surface area contributed by atoms with Gasteiger partial charge in [0.2, 0.25) is 10.0 Å². The number of benzene rings is 2. The molecule has 3 aromatic rings. The Labute approximate surface area is 205 Å². The highest BCUT2D eigenvalue weighted by Crippen LogP contribution is 2.19. The van der Waals surface area contributed by atoms with Gasteiger partial charge in [0, 0.05) is 43.4 Å². The first kappa shape index (κ1) is 26.1. The van der Waals surface area contributed by atoms with Gasteiger partial charge in [-0.2, -0.15) is 4.31 Å². The van der Waals surface area contributed by atoms with Gasteiger partial charge in [-0.05, 0) is 55.5 Å². The van der Waals surface area contributed by atoms with Crippen molar-refractivity contribution in [3.8, 4) is 17.0 Å². The molecule has 0 aliphatic rings. The zero-order chi connectivity index (χ0) is 25.4. The summed E-state index contributed by atoms with van der Waals surface area (Å²) in [5, 5.41) is 2.74. The van der Waals surface area contributed by atoms with E-state index in [9.17, 15) is 18.0 Å². The smallest absolute Gasteiger partial charge is 0.253 e. The van der Waals surface area contributed by atoms with Crippen molar-refractivity contribution in [1.29, 1.82) is 0 Å². The van der Waals surface area contributed by atoms with Gasteiger partial charge in [0.15, 0.2) is 0 Å². The molecule has 0 aliphatic carbocycles. The molecule has 3 rings (SSSR count). The van der Waals surface area contributed by atoms with Crippen LogP contribution in [0.2, 0.25) is 0 Å². The topological polar surface area (TPSA) is 111 Å². The van der Waals surface area contributed by atoms with Crippen LogP contribution in [-0.2, 0) is 16.6 Å². The number of aromatic nitrogens is 2. The van der Waals surface area contributed by atoms with Gasteiger partial charge in [0.1, 0.15) is 5.75 Å². The van der Waals surface area contributed by atoms with Crippen LogP contribution in [0.25, 0.3) is 11.3 Å². The Hall–Kier alpha value is -3.50. The number of hydrogen-bond acceptors (Lipinski definition) is 6. The number of carbonyl (C=O) groups is 1. The molecule has 0 radical (unpaired) electrons. The van der Waals surface area contributed by atoms with Crippen LogP contribution in [0.15, 0.2) is 70.6 Å². The van der Waals surface area contributed by atoms with Crippen LogP contribution in [0.3, 0.4) is 0 Å². The maximum Gasteiger partial charge on any atom is 0.253 e. The molecule has 0 fully saturated rings. The molecule has 0 saturated carbocycles. The van der Waals surface area contributed by atoms with E-state index >= 15 is 0 Å². The molecule has 0 saturated heterocycles. The van der Waals surface area contributed by atoms with Gasteiger partial charge in [-0.25, -0.2) is 13.4 Å². The van der Waals surface area contributed by atoms with E-state index in [0.29, 0.717) is 31.0 Å². The van der Waals surface area contributed by atoms with Crippen LogP contribution in [-0.4, -0.2) is 54.4 Å². The highest BCUT2D eigenvalue weighted by molar-refractivity contribution is 7.89. The number of carbonyl (C=O) groups excluding carboxylic acids is 1. The van der Waals surface area contributed by atoms with Crippen molar-refractivity contribution in [2.75, 3.05) is 26.2 Å². The predicted octanol–water partition coefficient (Wildman–Crippen LogP) is 2.77. The minimum atomic E-state index is -3.58. The van der Waals surface area contributed by atoms with E-state index < -0.39 is 10.0 Å². The fourth-order valence-electron chi connectivity index (χ4n) is 3.52. The van der Waals surface area contributed by atoms with Crippen LogP contribution < -0.4 is 15.6 Å². The third-order valence-corrected chi connectivity index (χ3v) is 7.50. The molecule has 186 valence electrons. The average molecular weight is 499 g/mol. The Morgan fingerprint density at radius 3 is 2.26 bits per heavy atom. The zero-order valence-electron chi connectivity index (χ0n) is 20.1. The van der Waals surface area contributed by atoms with Crippen molar-refractivity contribution in [1.82, 2.24) is 19.2 Å². The fraction of sp³-hybridized carbons (Fsp3) is 0.320. The summed E-state index contributed by atoms with van der Waals surface area (Å²) in [7, 11) is -3.58. The molecule has 10 heteroatoms. The number of hydrogen-bond donors (Lipinski definition) is 1. The van der Waals surface area contributed by atoms with Gasteiger partial charge in [-0.3, -0.25) is 14.2 Å². The molecule has 0 bridgehead atoms. The normalized spacial score (nSPS) is 11.4.